The Labute approximate surface area is 108 Å². The van der Waals surface area contributed by atoms with Crippen LogP contribution in [0.1, 0.15) is 19.4 Å². The van der Waals surface area contributed by atoms with Crippen molar-refractivity contribution in [1.82, 2.24) is 0 Å². The summed E-state index contributed by atoms with van der Waals surface area (Å²) in [5, 5.41) is 3.49. The zero-order chi connectivity index (χ0) is 12.5. The molecule has 0 unspecified atom stereocenters. The second-order valence-electron chi connectivity index (χ2n) is 5.11. The van der Waals surface area contributed by atoms with Gasteiger partial charge >= 0.3 is 0 Å². The van der Waals surface area contributed by atoms with Crippen LogP contribution in [0.25, 0.3) is 0 Å². The van der Waals surface area contributed by atoms with Crippen molar-refractivity contribution in [2.24, 2.45) is 5.92 Å². The third-order valence-corrected chi connectivity index (χ3v) is 3.11. The molecule has 2 aromatic rings. The first-order valence-corrected chi connectivity index (χ1v) is 6.40. The minimum Gasteiger partial charge on any atom is -0.453 e. The summed E-state index contributed by atoms with van der Waals surface area (Å²) < 4.78 is 5.94. The summed E-state index contributed by atoms with van der Waals surface area (Å²) in [4.78, 5) is 0. The lowest BCUT2D eigenvalue weighted by molar-refractivity contribution is 0.479. The van der Waals surface area contributed by atoms with E-state index in [0.29, 0.717) is 5.92 Å². The topological polar surface area (TPSA) is 21.3 Å². The Morgan fingerprint density at radius 3 is 2.61 bits per heavy atom. The predicted octanol–water partition coefficient (Wildman–Crippen LogP) is 4.73. The number of ether oxygens (including phenoxy) is 1. The molecule has 0 aliphatic carbocycles. The summed E-state index contributed by atoms with van der Waals surface area (Å²) in [7, 11) is 0. The molecule has 0 saturated carbocycles. The fourth-order valence-corrected chi connectivity index (χ4v) is 2.33. The van der Waals surface area contributed by atoms with Gasteiger partial charge in [0.25, 0.3) is 0 Å². The van der Waals surface area contributed by atoms with E-state index in [1.165, 1.54) is 5.56 Å². The highest BCUT2D eigenvalue weighted by atomic mass is 16.5. The SMILES string of the molecule is CC(C)Cc1cccc2c1Nc1ccccc1O2. The van der Waals surface area contributed by atoms with Gasteiger partial charge in [0.15, 0.2) is 11.5 Å². The Hall–Kier alpha value is -1.96. The highest BCUT2D eigenvalue weighted by Gasteiger charge is 2.18. The molecule has 1 aliphatic rings. The molecule has 0 radical (unpaired) electrons. The van der Waals surface area contributed by atoms with Crippen molar-refractivity contribution in [1.29, 1.82) is 0 Å². The summed E-state index contributed by atoms with van der Waals surface area (Å²) in [5.74, 6) is 2.45. The van der Waals surface area contributed by atoms with E-state index in [0.717, 1.165) is 29.3 Å². The van der Waals surface area contributed by atoms with Gasteiger partial charge in [-0.3, -0.25) is 0 Å². The van der Waals surface area contributed by atoms with Gasteiger partial charge in [-0.25, -0.2) is 0 Å². The first kappa shape index (κ1) is 11.1. The van der Waals surface area contributed by atoms with Gasteiger partial charge in [-0.05, 0) is 36.1 Å². The van der Waals surface area contributed by atoms with Crippen LogP contribution in [-0.2, 0) is 6.42 Å². The second kappa shape index (κ2) is 4.37. The van der Waals surface area contributed by atoms with Crippen LogP contribution in [0.15, 0.2) is 42.5 Å². The van der Waals surface area contributed by atoms with Gasteiger partial charge in [0, 0.05) is 0 Å². The van der Waals surface area contributed by atoms with Crippen LogP contribution in [0, 0.1) is 5.92 Å². The van der Waals surface area contributed by atoms with Crippen LogP contribution in [0.3, 0.4) is 0 Å². The van der Waals surface area contributed by atoms with E-state index in [2.05, 4.69) is 31.3 Å². The van der Waals surface area contributed by atoms with E-state index >= 15 is 0 Å². The molecule has 1 N–H and O–H groups in total. The lowest BCUT2D eigenvalue weighted by atomic mass is 10.00. The van der Waals surface area contributed by atoms with Crippen molar-refractivity contribution >= 4 is 11.4 Å². The van der Waals surface area contributed by atoms with Gasteiger partial charge in [-0.2, -0.15) is 0 Å². The zero-order valence-corrected chi connectivity index (χ0v) is 10.7. The number of anilines is 2. The van der Waals surface area contributed by atoms with Gasteiger partial charge in [-0.15, -0.1) is 0 Å². The second-order valence-corrected chi connectivity index (χ2v) is 5.11. The van der Waals surface area contributed by atoms with Crippen LogP contribution < -0.4 is 10.1 Å². The van der Waals surface area contributed by atoms with E-state index < -0.39 is 0 Å². The minimum atomic E-state index is 0.635. The monoisotopic (exact) mass is 239 g/mol. The molecule has 3 rings (SSSR count). The molecular weight excluding hydrogens is 222 g/mol. The van der Waals surface area contributed by atoms with E-state index in [1.807, 2.05) is 30.3 Å². The smallest absolute Gasteiger partial charge is 0.151 e. The van der Waals surface area contributed by atoms with Crippen molar-refractivity contribution < 1.29 is 4.74 Å². The Morgan fingerprint density at radius 2 is 1.78 bits per heavy atom. The molecule has 0 saturated heterocycles. The third-order valence-electron chi connectivity index (χ3n) is 3.11. The van der Waals surface area contributed by atoms with Gasteiger partial charge in [0.1, 0.15) is 0 Å². The van der Waals surface area contributed by atoms with Gasteiger partial charge < -0.3 is 10.1 Å². The fourth-order valence-electron chi connectivity index (χ4n) is 2.33. The van der Waals surface area contributed by atoms with E-state index in [1.54, 1.807) is 0 Å². The van der Waals surface area contributed by atoms with E-state index in [-0.39, 0.29) is 0 Å². The van der Waals surface area contributed by atoms with Crippen molar-refractivity contribution in [3.8, 4) is 11.5 Å². The molecule has 0 aromatic heterocycles. The summed E-state index contributed by atoms with van der Waals surface area (Å²) in [6, 6.07) is 14.3. The predicted molar refractivity (Wildman–Crippen MR) is 74.8 cm³/mol. The number of fused-ring (bicyclic) bond motifs is 2. The Morgan fingerprint density at radius 1 is 1.00 bits per heavy atom. The quantitative estimate of drug-likeness (QED) is 0.697. The zero-order valence-electron chi connectivity index (χ0n) is 10.7. The normalized spacial score (nSPS) is 12.4. The first-order chi connectivity index (χ1) is 8.74. The average Bonchev–Trinajstić information content (AvgIpc) is 2.36. The summed E-state index contributed by atoms with van der Waals surface area (Å²) in [6.45, 7) is 4.47. The number of nitrogens with one attached hydrogen (secondary N) is 1. The number of para-hydroxylation sites is 3. The molecule has 0 bridgehead atoms. The van der Waals surface area contributed by atoms with Gasteiger partial charge in [0.2, 0.25) is 0 Å². The van der Waals surface area contributed by atoms with Crippen LogP contribution in [0.2, 0.25) is 0 Å². The van der Waals surface area contributed by atoms with Gasteiger partial charge in [0.05, 0.1) is 11.4 Å². The molecule has 0 spiro atoms. The summed E-state index contributed by atoms with van der Waals surface area (Å²) in [5.41, 5.74) is 3.48. The van der Waals surface area contributed by atoms with Crippen molar-refractivity contribution in [3.05, 3.63) is 48.0 Å². The maximum absolute atomic E-state index is 5.94. The number of hydrogen-bond acceptors (Lipinski definition) is 2. The van der Waals surface area contributed by atoms with E-state index in [4.69, 9.17) is 4.74 Å². The first-order valence-electron chi connectivity index (χ1n) is 6.40. The molecule has 2 nitrogen and oxygen atoms in total. The molecule has 1 aliphatic heterocycles. The molecule has 1 heterocycles. The average molecular weight is 239 g/mol. The molecular formula is C16H17NO. The Balaban J connectivity index is 2.02. The van der Waals surface area contributed by atoms with Crippen LogP contribution in [-0.4, -0.2) is 0 Å². The van der Waals surface area contributed by atoms with Gasteiger partial charge in [-0.1, -0.05) is 38.1 Å². The Bertz CT molecular complexity index is 575. The minimum absolute atomic E-state index is 0.635. The van der Waals surface area contributed by atoms with E-state index in [9.17, 15) is 0 Å². The molecule has 0 amide bonds. The maximum atomic E-state index is 5.94. The van der Waals surface area contributed by atoms with Crippen molar-refractivity contribution in [3.63, 3.8) is 0 Å². The standard InChI is InChI=1S/C16H17NO/c1-11(2)10-12-6-5-9-15-16(12)17-13-7-3-4-8-14(13)18-15/h3-9,11,17H,10H2,1-2H3. The number of hydrogen-bond donors (Lipinski definition) is 1. The highest BCUT2D eigenvalue weighted by molar-refractivity contribution is 5.77. The molecule has 0 atom stereocenters. The number of benzene rings is 2. The molecule has 0 fully saturated rings. The highest BCUT2D eigenvalue weighted by Crippen LogP contribution is 2.43. The Kier molecular flexibility index (Phi) is 2.71. The molecule has 92 valence electrons. The molecule has 2 heteroatoms. The lowest BCUT2D eigenvalue weighted by Gasteiger charge is -2.24. The summed E-state index contributed by atoms with van der Waals surface area (Å²) in [6.07, 6.45) is 1.06. The van der Waals surface area contributed by atoms with Crippen LogP contribution in [0.4, 0.5) is 11.4 Å². The van der Waals surface area contributed by atoms with Crippen molar-refractivity contribution in [2.75, 3.05) is 5.32 Å². The maximum Gasteiger partial charge on any atom is 0.151 e. The third kappa shape index (κ3) is 1.94. The molecule has 18 heavy (non-hydrogen) atoms. The number of rotatable bonds is 2. The van der Waals surface area contributed by atoms with Crippen molar-refractivity contribution in [2.45, 2.75) is 20.3 Å². The fraction of sp³-hybridized carbons (Fsp3) is 0.250. The molecule has 2 aromatic carbocycles. The summed E-state index contributed by atoms with van der Waals surface area (Å²) >= 11 is 0. The van der Waals surface area contributed by atoms with Crippen LogP contribution in [0.5, 0.6) is 11.5 Å². The van der Waals surface area contributed by atoms with Crippen LogP contribution >= 0.6 is 0 Å². The lowest BCUT2D eigenvalue weighted by Crippen LogP contribution is -2.06. The largest absolute Gasteiger partial charge is 0.453 e.